The number of benzene rings is 1. The Morgan fingerprint density at radius 3 is 2.85 bits per heavy atom. The molecule has 20 heavy (non-hydrogen) atoms. The molecule has 1 heterocycles. The van der Waals surface area contributed by atoms with Crippen LogP contribution in [0.4, 0.5) is 0 Å². The molecular formula is C16H20ClNO2. The van der Waals surface area contributed by atoms with Crippen molar-refractivity contribution < 1.29 is 9.90 Å². The van der Waals surface area contributed by atoms with Crippen molar-refractivity contribution in [1.29, 1.82) is 0 Å². The Kier molecular flexibility index (Phi) is 3.74. The number of amides is 1. The summed E-state index contributed by atoms with van der Waals surface area (Å²) in [5.41, 5.74) is 1.10. The van der Waals surface area contributed by atoms with E-state index in [4.69, 9.17) is 11.6 Å². The Hall–Kier alpha value is -1.06. The summed E-state index contributed by atoms with van der Waals surface area (Å²) >= 11 is 6.20. The van der Waals surface area contributed by atoms with E-state index in [9.17, 15) is 9.90 Å². The van der Waals surface area contributed by atoms with E-state index in [0.717, 1.165) is 30.0 Å². The number of hydrogen-bond acceptors (Lipinski definition) is 2. The molecule has 4 unspecified atom stereocenters. The molecule has 0 radical (unpaired) electrons. The van der Waals surface area contributed by atoms with Crippen molar-refractivity contribution in [2.24, 2.45) is 11.8 Å². The zero-order chi connectivity index (χ0) is 14.3. The normalized spacial score (nSPS) is 30.4. The standard InChI is InChI=1S/C16H20ClNO2/c1-10(19)11-6-7-18(9-11)16(20)14-8-13(14)12-4-2-3-5-15(12)17/h2-5,10-11,13-14,19H,6-9H2,1H3. The first-order valence-corrected chi connectivity index (χ1v) is 7.67. The van der Waals surface area contributed by atoms with Crippen LogP contribution in [-0.4, -0.2) is 35.1 Å². The van der Waals surface area contributed by atoms with Gasteiger partial charge in [-0.1, -0.05) is 29.8 Å². The first-order valence-electron chi connectivity index (χ1n) is 7.29. The molecule has 0 spiro atoms. The Morgan fingerprint density at radius 2 is 2.20 bits per heavy atom. The average molecular weight is 294 g/mol. The summed E-state index contributed by atoms with van der Waals surface area (Å²) in [6.45, 7) is 3.28. The maximum Gasteiger partial charge on any atom is 0.226 e. The number of aliphatic hydroxyl groups excluding tert-OH is 1. The Bertz CT molecular complexity index is 517. The molecule has 1 aromatic rings. The molecule has 1 aliphatic heterocycles. The van der Waals surface area contributed by atoms with Gasteiger partial charge in [0.2, 0.25) is 5.91 Å². The second-order valence-corrected chi connectivity index (χ2v) is 6.45. The van der Waals surface area contributed by atoms with E-state index in [2.05, 4.69) is 0 Å². The zero-order valence-electron chi connectivity index (χ0n) is 11.6. The molecule has 0 aromatic heterocycles. The van der Waals surface area contributed by atoms with Gasteiger partial charge in [-0.3, -0.25) is 4.79 Å². The molecule has 1 amide bonds. The molecule has 1 aromatic carbocycles. The van der Waals surface area contributed by atoms with Crippen molar-refractivity contribution in [3.05, 3.63) is 34.9 Å². The fourth-order valence-electron chi connectivity index (χ4n) is 3.20. The van der Waals surface area contributed by atoms with Crippen molar-refractivity contribution in [2.45, 2.75) is 31.8 Å². The van der Waals surface area contributed by atoms with Gasteiger partial charge in [-0.05, 0) is 37.3 Å². The zero-order valence-corrected chi connectivity index (χ0v) is 12.4. The molecule has 1 saturated heterocycles. The largest absolute Gasteiger partial charge is 0.393 e. The maximum atomic E-state index is 12.5. The van der Waals surface area contributed by atoms with Crippen molar-refractivity contribution >= 4 is 17.5 Å². The lowest BCUT2D eigenvalue weighted by Crippen LogP contribution is -2.31. The van der Waals surface area contributed by atoms with Crippen molar-refractivity contribution in [3.63, 3.8) is 0 Å². The van der Waals surface area contributed by atoms with Gasteiger partial charge in [-0.15, -0.1) is 0 Å². The van der Waals surface area contributed by atoms with Crippen LogP contribution in [0.1, 0.15) is 31.2 Å². The number of aliphatic hydroxyl groups is 1. The van der Waals surface area contributed by atoms with Crippen LogP contribution in [-0.2, 0) is 4.79 Å². The average Bonchev–Trinajstić information content (AvgIpc) is 3.05. The van der Waals surface area contributed by atoms with Gasteiger partial charge in [0, 0.05) is 29.9 Å². The fraction of sp³-hybridized carbons (Fsp3) is 0.562. The van der Waals surface area contributed by atoms with Gasteiger partial charge in [0.05, 0.1) is 6.10 Å². The Labute approximate surface area is 124 Å². The predicted octanol–water partition coefficient (Wildman–Crippen LogP) is 2.67. The number of nitrogens with zero attached hydrogens (tertiary/aromatic N) is 1. The van der Waals surface area contributed by atoms with E-state index in [1.165, 1.54) is 0 Å². The predicted molar refractivity (Wildman–Crippen MR) is 78.7 cm³/mol. The summed E-state index contributed by atoms with van der Waals surface area (Å²) in [5.74, 6) is 0.832. The van der Waals surface area contributed by atoms with Gasteiger partial charge in [0.15, 0.2) is 0 Å². The molecule has 2 fully saturated rings. The summed E-state index contributed by atoms with van der Waals surface area (Å²) < 4.78 is 0. The van der Waals surface area contributed by atoms with Crippen LogP contribution >= 0.6 is 11.6 Å². The molecule has 3 rings (SSSR count). The minimum atomic E-state index is -0.327. The van der Waals surface area contributed by atoms with Gasteiger partial charge in [0.1, 0.15) is 0 Å². The first-order chi connectivity index (χ1) is 9.58. The van der Waals surface area contributed by atoms with Crippen LogP contribution in [0.15, 0.2) is 24.3 Å². The highest BCUT2D eigenvalue weighted by atomic mass is 35.5. The highest BCUT2D eigenvalue weighted by Crippen LogP contribution is 2.50. The van der Waals surface area contributed by atoms with Crippen LogP contribution in [0, 0.1) is 11.8 Å². The highest BCUT2D eigenvalue weighted by molar-refractivity contribution is 6.31. The molecule has 1 saturated carbocycles. The number of likely N-dealkylation sites (tertiary alicyclic amines) is 1. The minimum Gasteiger partial charge on any atom is -0.393 e. The number of carbonyl (C=O) groups excluding carboxylic acids is 1. The maximum absolute atomic E-state index is 12.5. The smallest absolute Gasteiger partial charge is 0.226 e. The topological polar surface area (TPSA) is 40.5 Å². The molecular weight excluding hydrogens is 274 g/mol. The lowest BCUT2D eigenvalue weighted by atomic mass is 10.0. The fourth-order valence-corrected chi connectivity index (χ4v) is 3.48. The lowest BCUT2D eigenvalue weighted by Gasteiger charge is -2.18. The van der Waals surface area contributed by atoms with Crippen molar-refractivity contribution in [3.8, 4) is 0 Å². The van der Waals surface area contributed by atoms with Gasteiger partial charge in [-0.25, -0.2) is 0 Å². The molecule has 1 N–H and O–H groups in total. The SMILES string of the molecule is CC(O)C1CCN(C(=O)C2CC2c2ccccc2Cl)C1. The Balaban J connectivity index is 1.63. The monoisotopic (exact) mass is 293 g/mol. The van der Waals surface area contributed by atoms with Gasteiger partial charge in [0.25, 0.3) is 0 Å². The number of halogens is 1. The number of hydrogen-bond donors (Lipinski definition) is 1. The molecule has 1 aliphatic carbocycles. The minimum absolute atomic E-state index is 0.0858. The summed E-state index contributed by atoms with van der Waals surface area (Å²) in [7, 11) is 0. The molecule has 3 nitrogen and oxygen atoms in total. The van der Waals surface area contributed by atoms with E-state index < -0.39 is 0 Å². The van der Waals surface area contributed by atoms with Crippen LogP contribution in [0.5, 0.6) is 0 Å². The van der Waals surface area contributed by atoms with Crippen LogP contribution in [0.25, 0.3) is 0 Å². The van der Waals surface area contributed by atoms with Crippen molar-refractivity contribution in [1.82, 2.24) is 4.90 Å². The quantitative estimate of drug-likeness (QED) is 0.931. The molecule has 108 valence electrons. The van der Waals surface area contributed by atoms with Crippen LogP contribution in [0.3, 0.4) is 0 Å². The van der Waals surface area contributed by atoms with Gasteiger partial charge in [-0.2, -0.15) is 0 Å². The molecule has 4 atom stereocenters. The van der Waals surface area contributed by atoms with Gasteiger partial charge >= 0.3 is 0 Å². The lowest BCUT2D eigenvalue weighted by molar-refractivity contribution is -0.131. The summed E-state index contributed by atoms with van der Waals surface area (Å²) in [5, 5.41) is 10.4. The molecule has 2 aliphatic rings. The second kappa shape index (κ2) is 5.38. The third-order valence-electron chi connectivity index (χ3n) is 4.63. The highest BCUT2D eigenvalue weighted by Gasteiger charge is 2.47. The second-order valence-electron chi connectivity index (χ2n) is 6.04. The third kappa shape index (κ3) is 2.57. The van der Waals surface area contributed by atoms with E-state index in [1.54, 1.807) is 0 Å². The first kappa shape index (κ1) is 13.9. The summed E-state index contributed by atoms with van der Waals surface area (Å²) in [4.78, 5) is 14.4. The van der Waals surface area contributed by atoms with E-state index >= 15 is 0 Å². The summed E-state index contributed by atoms with van der Waals surface area (Å²) in [6, 6.07) is 7.79. The summed E-state index contributed by atoms with van der Waals surface area (Å²) in [6.07, 6.45) is 1.48. The van der Waals surface area contributed by atoms with E-state index in [-0.39, 0.29) is 29.8 Å². The number of rotatable bonds is 3. The van der Waals surface area contributed by atoms with Crippen molar-refractivity contribution in [2.75, 3.05) is 13.1 Å². The number of carbonyl (C=O) groups is 1. The Morgan fingerprint density at radius 1 is 1.45 bits per heavy atom. The van der Waals surface area contributed by atoms with Crippen LogP contribution in [0.2, 0.25) is 5.02 Å². The van der Waals surface area contributed by atoms with E-state index in [1.807, 2.05) is 36.1 Å². The molecule has 0 bridgehead atoms. The van der Waals surface area contributed by atoms with E-state index in [0.29, 0.717) is 6.54 Å². The van der Waals surface area contributed by atoms with Gasteiger partial charge < -0.3 is 10.0 Å². The third-order valence-corrected chi connectivity index (χ3v) is 4.98. The van der Waals surface area contributed by atoms with Crippen LogP contribution < -0.4 is 0 Å². The molecule has 4 heteroatoms.